The fourth-order valence-corrected chi connectivity index (χ4v) is 3.24. The predicted molar refractivity (Wildman–Crippen MR) is 86.0 cm³/mol. The summed E-state index contributed by atoms with van der Waals surface area (Å²) in [6, 6.07) is 14.0. The first-order chi connectivity index (χ1) is 8.63. The summed E-state index contributed by atoms with van der Waals surface area (Å²) in [5.74, 6) is 0. The van der Waals surface area contributed by atoms with Crippen molar-refractivity contribution in [2.75, 3.05) is 11.4 Å². The first kappa shape index (κ1) is 13.9. The minimum Gasteiger partial charge on any atom is -0.340 e. The average Bonchev–Trinajstić information content (AvgIpc) is 2.34. The van der Waals surface area contributed by atoms with Gasteiger partial charge in [-0.15, -0.1) is 0 Å². The Morgan fingerprint density at radius 1 is 1.00 bits per heavy atom. The molecule has 1 nitrogen and oxygen atoms in total. The molecule has 0 spiro atoms. The maximum Gasteiger partial charge on any atom is 0.0556 e. The number of hydrogen-bond acceptors (Lipinski definition) is 1. The van der Waals surface area contributed by atoms with Crippen molar-refractivity contribution in [3.63, 3.8) is 0 Å². The van der Waals surface area contributed by atoms with Crippen molar-refractivity contribution >= 4 is 54.8 Å². The maximum absolute atomic E-state index is 5.98. The molecule has 0 unspecified atom stereocenters. The van der Waals surface area contributed by atoms with Crippen LogP contribution >= 0.6 is 43.5 Å². The van der Waals surface area contributed by atoms with Gasteiger partial charge in [-0.25, -0.2) is 0 Å². The normalized spacial score (nSPS) is 10.4. The fraction of sp³-hybridized carbons (Fsp3) is 0.143. The zero-order valence-corrected chi connectivity index (χ0v) is 13.8. The van der Waals surface area contributed by atoms with Gasteiger partial charge in [-0.3, -0.25) is 0 Å². The van der Waals surface area contributed by atoms with E-state index in [1.807, 2.05) is 36.4 Å². The van der Waals surface area contributed by atoms with Crippen LogP contribution in [-0.2, 0) is 0 Å². The molecule has 0 radical (unpaired) electrons. The van der Waals surface area contributed by atoms with Crippen LogP contribution in [0, 0.1) is 0 Å². The number of halogens is 3. The van der Waals surface area contributed by atoms with E-state index < -0.39 is 0 Å². The highest BCUT2D eigenvalue weighted by molar-refractivity contribution is 9.11. The van der Waals surface area contributed by atoms with Crippen LogP contribution in [0.4, 0.5) is 11.4 Å². The van der Waals surface area contributed by atoms with E-state index >= 15 is 0 Å². The Hall–Kier alpha value is -0.510. The molecular weight excluding hydrogens is 377 g/mol. The van der Waals surface area contributed by atoms with Crippen LogP contribution in [0.1, 0.15) is 6.92 Å². The van der Waals surface area contributed by atoms with Crippen LogP contribution in [0.15, 0.2) is 51.4 Å². The van der Waals surface area contributed by atoms with E-state index in [2.05, 4.69) is 49.7 Å². The molecule has 0 atom stereocenters. The summed E-state index contributed by atoms with van der Waals surface area (Å²) < 4.78 is 2.07. The molecule has 0 saturated carbocycles. The summed E-state index contributed by atoms with van der Waals surface area (Å²) in [5.41, 5.74) is 2.25. The van der Waals surface area contributed by atoms with Crippen molar-refractivity contribution in [2.45, 2.75) is 6.92 Å². The second-order valence-corrected chi connectivity index (χ2v) is 5.94. The molecule has 0 aliphatic carbocycles. The smallest absolute Gasteiger partial charge is 0.0556 e. The Labute approximate surface area is 129 Å². The van der Waals surface area contributed by atoms with Gasteiger partial charge in [0.2, 0.25) is 0 Å². The van der Waals surface area contributed by atoms with Crippen molar-refractivity contribution in [2.24, 2.45) is 0 Å². The van der Waals surface area contributed by atoms with Gasteiger partial charge in [0.1, 0.15) is 0 Å². The third-order valence-electron chi connectivity index (χ3n) is 2.66. The zero-order chi connectivity index (χ0) is 13.1. The van der Waals surface area contributed by atoms with Gasteiger partial charge in [0, 0.05) is 20.5 Å². The molecule has 0 bridgehead atoms. The van der Waals surface area contributed by atoms with Crippen LogP contribution in [0.2, 0.25) is 5.02 Å². The highest BCUT2D eigenvalue weighted by Gasteiger charge is 2.13. The van der Waals surface area contributed by atoms with Crippen molar-refractivity contribution in [1.82, 2.24) is 0 Å². The van der Waals surface area contributed by atoms with Crippen molar-refractivity contribution in [3.8, 4) is 0 Å². The third kappa shape index (κ3) is 2.90. The number of hydrogen-bond donors (Lipinski definition) is 0. The third-order valence-corrected chi connectivity index (χ3v) is 4.20. The first-order valence-corrected chi connectivity index (χ1v) is 7.57. The molecule has 0 heterocycles. The summed E-state index contributed by atoms with van der Waals surface area (Å²) in [5, 5.41) is 0.730. The van der Waals surface area contributed by atoms with E-state index in [0.29, 0.717) is 0 Å². The number of anilines is 2. The lowest BCUT2D eigenvalue weighted by molar-refractivity contribution is 1.02. The average molecular weight is 390 g/mol. The fourth-order valence-electron chi connectivity index (χ4n) is 1.84. The van der Waals surface area contributed by atoms with E-state index in [1.165, 1.54) is 0 Å². The Morgan fingerprint density at radius 2 is 1.67 bits per heavy atom. The van der Waals surface area contributed by atoms with Gasteiger partial charge < -0.3 is 4.90 Å². The molecule has 0 amide bonds. The molecule has 4 heteroatoms. The SMILES string of the molecule is CCN(c1ccccc1Br)c1ccc(Cl)cc1Br. The Bertz CT molecular complexity index is 557. The molecule has 2 rings (SSSR count). The summed E-state index contributed by atoms with van der Waals surface area (Å²) in [4.78, 5) is 2.23. The molecule has 0 fully saturated rings. The van der Waals surface area contributed by atoms with E-state index in [4.69, 9.17) is 11.6 Å². The van der Waals surface area contributed by atoms with E-state index in [0.717, 1.165) is 31.9 Å². The highest BCUT2D eigenvalue weighted by Crippen LogP contribution is 2.36. The summed E-state index contributed by atoms with van der Waals surface area (Å²) in [6.45, 7) is 3.00. The van der Waals surface area contributed by atoms with Crippen LogP contribution in [0.5, 0.6) is 0 Å². The highest BCUT2D eigenvalue weighted by atomic mass is 79.9. The lowest BCUT2D eigenvalue weighted by Gasteiger charge is -2.25. The van der Waals surface area contributed by atoms with Crippen LogP contribution in [0.25, 0.3) is 0 Å². The molecule has 0 saturated heterocycles. The predicted octanol–water partition coefficient (Wildman–Crippen LogP) is 6.02. The number of rotatable bonds is 3. The lowest BCUT2D eigenvalue weighted by atomic mass is 10.2. The van der Waals surface area contributed by atoms with Gasteiger partial charge in [-0.2, -0.15) is 0 Å². The van der Waals surface area contributed by atoms with Gasteiger partial charge in [0.15, 0.2) is 0 Å². The molecule has 2 aromatic carbocycles. The molecule has 18 heavy (non-hydrogen) atoms. The summed E-state index contributed by atoms with van der Waals surface area (Å²) in [7, 11) is 0. The van der Waals surface area contributed by atoms with Crippen molar-refractivity contribution in [1.29, 1.82) is 0 Å². The molecule has 94 valence electrons. The Balaban J connectivity index is 2.49. The molecule has 0 aliphatic rings. The van der Waals surface area contributed by atoms with Crippen LogP contribution in [0.3, 0.4) is 0 Å². The van der Waals surface area contributed by atoms with E-state index in [1.54, 1.807) is 0 Å². The first-order valence-electron chi connectivity index (χ1n) is 5.60. The lowest BCUT2D eigenvalue weighted by Crippen LogP contribution is -2.16. The topological polar surface area (TPSA) is 3.24 Å². The van der Waals surface area contributed by atoms with Crippen LogP contribution < -0.4 is 4.90 Å². The molecule has 0 N–H and O–H groups in total. The Kier molecular flexibility index (Phi) is 4.71. The second-order valence-electron chi connectivity index (χ2n) is 3.79. The van der Waals surface area contributed by atoms with Gasteiger partial charge in [-0.05, 0) is 69.1 Å². The maximum atomic E-state index is 5.98. The van der Waals surface area contributed by atoms with Gasteiger partial charge in [-0.1, -0.05) is 23.7 Å². The molecule has 0 aromatic heterocycles. The van der Waals surface area contributed by atoms with E-state index in [-0.39, 0.29) is 0 Å². The minimum absolute atomic E-state index is 0.730. The van der Waals surface area contributed by atoms with E-state index in [9.17, 15) is 0 Å². The summed E-state index contributed by atoms with van der Waals surface area (Å²) in [6.07, 6.45) is 0. The standard InChI is InChI=1S/C14H12Br2ClN/c1-2-18(13-6-4-3-5-11(13)15)14-8-7-10(17)9-12(14)16/h3-9H,2H2,1H3. The minimum atomic E-state index is 0.730. The number of benzene rings is 2. The number of nitrogens with zero attached hydrogens (tertiary/aromatic N) is 1. The second kappa shape index (κ2) is 6.09. The van der Waals surface area contributed by atoms with Gasteiger partial charge in [0.25, 0.3) is 0 Å². The largest absolute Gasteiger partial charge is 0.340 e. The zero-order valence-electron chi connectivity index (χ0n) is 9.83. The molecular formula is C14H12Br2ClN. The van der Waals surface area contributed by atoms with Crippen LogP contribution in [-0.4, -0.2) is 6.54 Å². The monoisotopic (exact) mass is 387 g/mol. The van der Waals surface area contributed by atoms with Gasteiger partial charge in [0.05, 0.1) is 11.4 Å². The molecule has 2 aromatic rings. The summed E-state index contributed by atoms with van der Waals surface area (Å²) >= 11 is 13.1. The van der Waals surface area contributed by atoms with Crippen molar-refractivity contribution in [3.05, 3.63) is 56.4 Å². The quantitative estimate of drug-likeness (QED) is 0.620. The number of para-hydroxylation sites is 1. The van der Waals surface area contributed by atoms with Crippen molar-refractivity contribution < 1.29 is 0 Å². The van der Waals surface area contributed by atoms with Gasteiger partial charge >= 0.3 is 0 Å². The molecule has 0 aliphatic heterocycles. The Morgan fingerprint density at radius 3 is 2.28 bits per heavy atom.